The van der Waals surface area contributed by atoms with E-state index < -0.39 is 0 Å². The summed E-state index contributed by atoms with van der Waals surface area (Å²) in [4.78, 5) is 18.7. The van der Waals surface area contributed by atoms with Gasteiger partial charge in [-0.25, -0.2) is 0 Å². The molecule has 0 amide bonds. The summed E-state index contributed by atoms with van der Waals surface area (Å²) in [6, 6.07) is 15.0. The summed E-state index contributed by atoms with van der Waals surface area (Å²) in [5.41, 5.74) is 0.941. The number of anilines is 4. The average Bonchev–Trinajstić information content (AvgIpc) is 3.37. The van der Waals surface area contributed by atoms with Crippen molar-refractivity contribution in [1.82, 2.24) is 19.9 Å². The fourth-order valence-corrected chi connectivity index (χ4v) is 4.47. The van der Waals surface area contributed by atoms with Gasteiger partial charge in [0, 0.05) is 31.7 Å². The number of benzene rings is 2. The summed E-state index contributed by atoms with van der Waals surface area (Å²) in [6.07, 6.45) is 2.75. The van der Waals surface area contributed by atoms with Crippen LogP contribution in [0.25, 0.3) is 10.8 Å². The number of nitrogens with zero attached hydrogens (tertiary/aromatic N) is 5. The molecule has 0 saturated carbocycles. The number of ether oxygens (including phenoxy) is 2. The SMILES string of the molecule is CN1CCC(N(C)c2nc(NCCC3OCCO3)nc(Nc3ccc4ccccc4c3)n2)CC1. The third kappa shape index (κ3) is 5.55. The van der Waals surface area contributed by atoms with Gasteiger partial charge in [-0.15, -0.1) is 0 Å². The van der Waals surface area contributed by atoms with E-state index in [1.165, 1.54) is 10.8 Å². The van der Waals surface area contributed by atoms with Crippen molar-refractivity contribution >= 4 is 34.3 Å². The number of likely N-dealkylation sites (tertiary alicyclic amines) is 1. The summed E-state index contributed by atoms with van der Waals surface area (Å²) in [5, 5.41) is 9.09. The molecule has 2 aromatic carbocycles. The summed E-state index contributed by atoms with van der Waals surface area (Å²) < 4.78 is 11.1. The highest BCUT2D eigenvalue weighted by atomic mass is 16.7. The molecule has 2 N–H and O–H groups in total. The predicted octanol–water partition coefficient (Wildman–Crippen LogP) is 3.47. The zero-order valence-corrected chi connectivity index (χ0v) is 19.9. The molecule has 0 radical (unpaired) electrons. The molecule has 180 valence electrons. The van der Waals surface area contributed by atoms with Crippen molar-refractivity contribution in [1.29, 1.82) is 0 Å². The first-order chi connectivity index (χ1) is 16.6. The molecule has 2 saturated heterocycles. The van der Waals surface area contributed by atoms with Crippen LogP contribution in [0.3, 0.4) is 0 Å². The molecule has 2 fully saturated rings. The minimum atomic E-state index is -0.161. The van der Waals surface area contributed by atoms with Crippen molar-refractivity contribution in [3.8, 4) is 0 Å². The van der Waals surface area contributed by atoms with Gasteiger partial charge in [-0.3, -0.25) is 0 Å². The molecule has 0 spiro atoms. The van der Waals surface area contributed by atoms with Gasteiger partial charge in [-0.1, -0.05) is 30.3 Å². The molecule has 1 aromatic heterocycles. The van der Waals surface area contributed by atoms with Crippen LogP contribution in [0.5, 0.6) is 0 Å². The van der Waals surface area contributed by atoms with E-state index in [1.807, 2.05) is 18.2 Å². The summed E-state index contributed by atoms with van der Waals surface area (Å²) in [6.45, 7) is 4.12. The highest BCUT2D eigenvalue weighted by molar-refractivity contribution is 5.86. The topological polar surface area (TPSA) is 87.7 Å². The largest absolute Gasteiger partial charge is 0.354 e. The summed E-state index contributed by atoms with van der Waals surface area (Å²) in [7, 11) is 4.25. The molecule has 0 atom stereocenters. The third-order valence-corrected chi connectivity index (χ3v) is 6.53. The maximum Gasteiger partial charge on any atom is 0.233 e. The molecular weight excluding hydrogens is 430 g/mol. The van der Waals surface area contributed by atoms with Crippen molar-refractivity contribution in [2.45, 2.75) is 31.6 Å². The van der Waals surface area contributed by atoms with Gasteiger partial charge in [-0.05, 0) is 55.9 Å². The van der Waals surface area contributed by atoms with Crippen molar-refractivity contribution in [3.05, 3.63) is 42.5 Å². The fourth-order valence-electron chi connectivity index (χ4n) is 4.47. The zero-order chi connectivity index (χ0) is 23.3. The number of hydrogen-bond donors (Lipinski definition) is 2. The molecule has 0 unspecified atom stereocenters. The Kier molecular flexibility index (Phi) is 7.03. The molecule has 0 bridgehead atoms. The molecule has 3 heterocycles. The molecule has 0 aliphatic carbocycles. The number of piperidine rings is 1. The number of aromatic nitrogens is 3. The standard InChI is InChI=1S/C25H33N7O2/c1-31-13-10-21(11-14-31)32(2)25-29-23(26-12-9-22-33-15-16-34-22)28-24(30-25)27-20-8-7-18-5-3-4-6-19(18)17-20/h3-8,17,21-22H,9-16H2,1-2H3,(H2,26,27,28,29,30). The number of fused-ring (bicyclic) bond motifs is 1. The fraction of sp³-hybridized carbons (Fsp3) is 0.480. The Labute approximate surface area is 200 Å². The van der Waals surface area contributed by atoms with E-state index in [1.54, 1.807) is 0 Å². The second-order valence-corrected chi connectivity index (χ2v) is 9.00. The van der Waals surface area contributed by atoms with E-state index in [4.69, 9.17) is 19.4 Å². The van der Waals surface area contributed by atoms with Crippen LogP contribution in [0.4, 0.5) is 23.5 Å². The van der Waals surface area contributed by atoms with Crippen molar-refractivity contribution < 1.29 is 9.47 Å². The quantitative estimate of drug-likeness (QED) is 0.521. The minimum absolute atomic E-state index is 0.161. The van der Waals surface area contributed by atoms with Crippen LogP contribution in [-0.4, -0.2) is 79.1 Å². The van der Waals surface area contributed by atoms with E-state index in [2.05, 4.69) is 63.8 Å². The molecule has 2 aliphatic rings. The Morgan fingerprint density at radius 3 is 2.50 bits per heavy atom. The van der Waals surface area contributed by atoms with Gasteiger partial charge in [0.15, 0.2) is 6.29 Å². The molecule has 2 aliphatic heterocycles. The van der Waals surface area contributed by atoms with Crippen LogP contribution >= 0.6 is 0 Å². The van der Waals surface area contributed by atoms with E-state index in [9.17, 15) is 0 Å². The normalized spacial score (nSPS) is 17.8. The highest BCUT2D eigenvalue weighted by Gasteiger charge is 2.23. The maximum atomic E-state index is 5.54. The lowest BCUT2D eigenvalue weighted by Gasteiger charge is -2.35. The second-order valence-electron chi connectivity index (χ2n) is 9.00. The lowest BCUT2D eigenvalue weighted by Crippen LogP contribution is -2.42. The van der Waals surface area contributed by atoms with E-state index in [0.29, 0.717) is 43.6 Å². The average molecular weight is 464 g/mol. The first kappa shape index (κ1) is 22.8. The van der Waals surface area contributed by atoms with Gasteiger partial charge in [-0.2, -0.15) is 15.0 Å². The lowest BCUT2D eigenvalue weighted by molar-refractivity contribution is -0.0439. The lowest BCUT2D eigenvalue weighted by atomic mass is 10.0. The highest BCUT2D eigenvalue weighted by Crippen LogP contribution is 2.24. The van der Waals surface area contributed by atoms with Crippen molar-refractivity contribution in [2.75, 3.05) is 62.5 Å². The molecular formula is C25H33N7O2. The van der Waals surface area contributed by atoms with Gasteiger partial charge in [0.25, 0.3) is 0 Å². The molecule has 9 nitrogen and oxygen atoms in total. The van der Waals surface area contributed by atoms with Crippen molar-refractivity contribution in [2.24, 2.45) is 0 Å². The monoisotopic (exact) mass is 463 g/mol. The summed E-state index contributed by atoms with van der Waals surface area (Å²) in [5.74, 6) is 1.74. The first-order valence-corrected chi connectivity index (χ1v) is 12.0. The van der Waals surface area contributed by atoms with Crippen LogP contribution in [-0.2, 0) is 9.47 Å². The van der Waals surface area contributed by atoms with Gasteiger partial charge in [0.2, 0.25) is 17.8 Å². The van der Waals surface area contributed by atoms with Gasteiger partial charge < -0.3 is 29.9 Å². The smallest absolute Gasteiger partial charge is 0.233 e. The molecule has 9 heteroatoms. The molecule has 5 rings (SSSR count). The van der Waals surface area contributed by atoms with Crippen LogP contribution in [0, 0.1) is 0 Å². The third-order valence-electron chi connectivity index (χ3n) is 6.53. The van der Waals surface area contributed by atoms with Crippen LogP contribution in [0.1, 0.15) is 19.3 Å². The minimum Gasteiger partial charge on any atom is -0.354 e. The van der Waals surface area contributed by atoms with Gasteiger partial charge in [0.1, 0.15) is 0 Å². The van der Waals surface area contributed by atoms with Crippen LogP contribution in [0.2, 0.25) is 0 Å². The maximum absolute atomic E-state index is 5.54. The Balaban J connectivity index is 1.36. The number of nitrogens with one attached hydrogen (secondary N) is 2. The number of hydrogen-bond acceptors (Lipinski definition) is 9. The van der Waals surface area contributed by atoms with E-state index in [-0.39, 0.29) is 6.29 Å². The molecule has 3 aromatic rings. The Hall–Kier alpha value is -3.01. The Bertz CT molecular complexity index is 1100. The second kappa shape index (κ2) is 10.5. The first-order valence-electron chi connectivity index (χ1n) is 12.0. The van der Waals surface area contributed by atoms with E-state index >= 15 is 0 Å². The van der Waals surface area contributed by atoms with Crippen molar-refractivity contribution in [3.63, 3.8) is 0 Å². The molecule has 34 heavy (non-hydrogen) atoms. The Morgan fingerprint density at radius 2 is 1.71 bits per heavy atom. The Morgan fingerprint density at radius 1 is 0.971 bits per heavy atom. The van der Waals surface area contributed by atoms with Gasteiger partial charge >= 0.3 is 0 Å². The van der Waals surface area contributed by atoms with E-state index in [0.717, 1.165) is 38.0 Å². The summed E-state index contributed by atoms with van der Waals surface area (Å²) >= 11 is 0. The zero-order valence-electron chi connectivity index (χ0n) is 19.9. The van der Waals surface area contributed by atoms with Crippen LogP contribution in [0.15, 0.2) is 42.5 Å². The van der Waals surface area contributed by atoms with Gasteiger partial charge in [0.05, 0.1) is 13.2 Å². The number of rotatable bonds is 8. The van der Waals surface area contributed by atoms with Crippen LogP contribution < -0.4 is 15.5 Å². The predicted molar refractivity (Wildman–Crippen MR) is 135 cm³/mol.